The summed E-state index contributed by atoms with van der Waals surface area (Å²) in [7, 11) is -4.26. The van der Waals surface area contributed by atoms with Crippen molar-refractivity contribution in [2.75, 3.05) is 0 Å². The molecule has 3 rings (SSSR count). The van der Waals surface area contributed by atoms with Gasteiger partial charge in [-0.05, 0) is 49.6 Å². The quantitative estimate of drug-likeness (QED) is 0.445. The molecule has 182 valence electrons. The van der Waals surface area contributed by atoms with Gasteiger partial charge in [0.1, 0.15) is 29.9 Å². The number of aromatic nitrogens is 1. The van der Waals surface area contributed by atoms with Gasteiger partial charge < -0.3 is 14.3 Å². The van der Waals surface area contributed by atoms with Crippen molar-refractivity contribution in [2.24, 2.45) is 11.1 Å². The summed E-state index contributed by atoms with van der Waals surface area (Å²) >= 11 is 0. The molecule has 0 aliphatic rings. The minimum atomic E-state index is -4.26. The standard InChI is InChI=1S/C24H29N3O6S/c1-15(2)22(24(28)29)27(34(25,30)31)13-18-6-5-7-20(12-18)32-14-21-17(4)33-23(26-21)19-10-8-16(3)9-11-19/h5-12,15,22H,13-14H2,1-4H3,(H,28,29)(H2,25,30,31). The second-order valence-corrected chi connectivity index (χ2v) is 9.94. The van der Waals surface area contributed by atoms with E-state index in [9.17, 15) is 18.3 Å². The molecule has 34 heavy (non-hydrogen) atoms. The van der Waals surface area contributed by atoms with Crippen LogP contribution in [0.4, 0.5) is 0 Å². The van der Waals surface area contributed by atoms with Gasteiger partial charge in [-0.2, -0.15) is 12.7 Å². The van der Waals surface area contributed by atoms with E-state index in [0.717, 1.165) is 15.4 Å². The second kappa shape index (κ2) is 10.4. The monoisotopic (exact) mass is 487 g/mol. The smallest absolute Gasteiger partial charge is 0.322 e. The van der Waals surface area contributed by atoms with E-state index in [1.165, 1.54) is 0 Å². The first-order valence-electron chi connectivity index (χ1n) is 10.7. The van der Waals surface area contributed by atoms with Gasteiger partial charge in [-0.15, -0.1) is 0 Å². The number of aryl methyl sites for hydroxylation is 2. The van der Waals surface area contributed by atoms with Crippen LogP contribution in [0.1, 0.15) is 36.4 Å². The summed E-state index contributed by atoms with van der Waals surface area (Å²) in [5, 5.41) is 14.9. The van der Waals surface area contributed by atoms with E-state index >= 15 is 0 Å². The van der Waals surface area contributed by atoms with E-state index < -0.39 is 28.1 Å². The molecule has 0 saturated carbocycles. The van der Waals surface area contributed by atoms with E-state index in [1.807, 2.05) is 38.1 Å². The fourth-order valence-electron chi connectivity index (χ4n) is 3.53. The molecule has 1 unspecified atom stereocenters. The first kappa shape index (κ1) is 25.4. The summed E-state index contributed by atoms with van der Waals surface area (Å²) < 4.78 is 36.7. The topological polar surface area (TPSA) is 136 Å². The van der Waals surface area contributed by atoms with Gasteiger partial charge in [0, 0.05) is 12.1 Å². The van der Waals surface area contributed by atoms with Crippen LogP contribution in [0.25, 0.3) is 11.5 Å². The van der Waals surface area contributed by atoms with E-state index in [2.05, 4.69) is 4.98 Å². The average molecular weight is 488 g/mol. The summed E-state index contributed by atoms with van der Waals surface area (Å²) in [6.07, 6.45) is 0. The van der Waals surface area contributed by atoms with Crippen LogP contribution >= 0.6 is 0 Å². The Bertz CT molecular complexity index is 1250. The average Bonchev–Trinajstić information content (AvgIpc) is 3.12. The Balaban J connectivity index is 1.76. The molecule has 3 aromatic rings. The zero-order valence-electron chi connectivity index (χ0n) is 19.6. The highest BCUT2D eigenvalue weighted by Gasteiger charge is 2.35. The molecule has 0 spiro atoms. The molecule has 10 heteroatoms. The lowest BCUT2D eigenvalue weighted by Crippen LogP contribution is -2.50. The van der Waals surface area contributed by atoms with Gasteiger partial charge in [0.05, 0.1) is 0 Å². The molecule has 0 aliphatic heterocycles. The number of carbonyl (C=O) groups is 1. The Labute approximate surface area is 199 Å². The molecule has 1 aromatic heterocycles. The number of nitrogens with two attached hydrogens (primary N) is 1. The van der Waals surface area contributed by atoms with Gasteiger partial charge in [0.15, 0.2) is 0 Å². The number of carboxylic acid groups (broad SMARTS) is 1. The maximum Gasteiger partial charge on any atom is 0.322 e. The Morgan fingerprint density at radius 3 is 2.44 bits per heavy atom. The molecule has 9 nitrogen and oxygen atoms in total. The summed E-state index contributed by atoms with van der Waals surface area (Å²) in [6, 6.07) is 13.3. The van der Waals surface area contributed by atoms with Crippen molar-refractivity contribution < 1.29 is 27.5 Å². The molecule has 0 aliphatic carbocycles. The fourth-order valence-corrected chi connectivity index (χ4v) is 4.51. The summed E-state index contributed by atoms with van der Waals surface area (Å²) in [6.45, 7) is 7.01. The van der Waals surface area contributed by atoms with Gasteiger partial charge >= 0.3 is 5.97 Å². The lowest BCUT2D eigenvalue weighted by Gasteiger charge is -2.28. The number of ether oxygens (including phenoxy) is 1. The van der Waals surface area contributed by atoms with Gasteiger partial charge in [-0.25, -0.2) is 10.1 Å². The number of nitrogens with zero attached hydrogens (tertiary/aromatic N) is 2. The molecule has 0 bridgehead atoms. The van der Waals surface area contributed by atoms with Crippen molar-refractivity contribution in [3.8, 4) is 17.2 Å². The number of carboxylic acids is 1. The van der Waals surface area contributed by atoms with Crippen LogP contribution in [0.15, 0.2) is 52.9 Å². The van der Waals surface area contributed by atoms with Crippen molar-refractivity contribution in [3.63, 3.8) is 0 Å². The van der Waals surface area contributed by atoms with Crippen molar-refractivity contribution in [1.82, 2.24) is 9.29 Å². The lowest BCUT2D eigenvalue weighted by atomic mass is 10.0. The number of oxazole rings is 1. The molecule has 0 fully saturated rings. The van der Waals surface area contributed by atoms with Crippen molar-refractivity contribution >= 4 is 16.2 Å². The number of benzene rings is 2. The van der Waals surface area contributed by atoms with Crippen LogP contribution in [-0.2, 0) is 28.2 Å². The second-order valence-electron chi connectivity index (χ2n) is 8.44. The van der Waals surface area contributed by atoms with Crippen molar-refractivity contribution in [1.29, 1.82) is 0 Å². The van der Waals surface area contributed by atoms with E-state index in [4.69, 9.17) is 14.3 Å². The molecule has 0 radical (unpaired) electrons. The summed E-state index contributed by atoms with van der Waals surface area (Å²) in [5.74, 6) is -0.131. The van der Waals surface area contributed by atoms with Crippen LogP contribution in [0.3, 0.4) is 0 Å². The molecule has 0 amide bonds. The number of hydrogen-bond acceptors (Lipinski definition) is 6. The summed E-state index contributed by atoms with van der Waals surface area (Å²) in [4.78, 5) is 16.2. The third-order valence-electron chi connectivity index (χ3n) is 5.33. The Morgan fingerprint density at radius 2 is 1.85 bits per heavy atom. The maximum atomic E-state index is 12.1. The predicted molar refractivity (Wildman–Crippen MR) is 127 cm³/mol. The molecule has 1 heterocycles. The van der Waals surface area contributed by atoms with Gasteiger partial charge in [-0.3, -0.25) is 4.79 Å². The number of aliphatic carboxylic acids is 1. The van der Waals surface area contributed by atoms with Gasteiger partial charge in [-0.1, -0.05) is 43.7 Å². The zero-order valence-corrected chi connectivity index (χ0v) is 20.4. The molecule has 0 saturated heterocycles. The van der Waals surface area contributed by atoms with E-state index in [0.29, 0.717) is 28.7 Å². The summed E-state index contributed by atoms with van der Waals surface area (Å²) in [5.41, 5.74) is 3.18. The Morgan fingerprint density at radius 1 is 1.18 bits per heavy atom. The highest BCUT2D eigenvalue weighted by molar-refractivity contribution is 7.86. The van der Waals surface area contributed by atoms with Gasteiger partial charge in [0.25, 0.3) is 10.2 Å². The van der Waals surface area contributed by atoms with E-state index in [1.54, 1.807) is 38.1 Å². The first-order valence-corrected chi connectivity index (χ1v) is 12.2. The van der Waals surface area contributed by atoms with Gasteiger partial charge in [0.2, 0.25) is 5.89 Å². The van der Waals surface area contributed by atoms with Crippen LogP contribution < -0.4 is 9.88 Å². The van der Waals surface area contributed by atoms with Crippen molar-refractivity contribution in [3.05, 3.63) is 71.1 Å². The third-order valence-corrected chi connectivity index (χ3v) is 6.34. The lowest BCUT2D eigenvalue weighted by molar-refractivity contribution is -0.143. The predicted octanol–water partition coefficient (Wildman–Crippen LogP) is 3.65. The van der Waals surface area contributed by atoms with Crippen LogP contribution in [0.2, 0.25) is 0 Å². The molecular weight excluding hydrogens is 458 g/mol. The van der Waals surface area contributed by atoms with Crippen LogP contribution in [0, 0.1) is 19.8 Å². The zero-order chi connectivity index (χ0) is 25.0. The number of hydrogen-bond donors (Lipinski definition) is 2. The highest BCUT2D eigenvalue weighted by atomic mass is 32.2. The highest BCUT2D eigenvalue weighted by Crippen LogP contribution is 2.24. The minimum absolute atomic E-state index is 0.146. The fraction of sp³-hybridized carbons (Fsp3) is 0.333. The SMILES string of the molecule is Cc1ccc(-c2nc(COc3cccc(CN(C(C(=O)O)C(C)C)S(N)(=O)=O)c3)c(C)o2)cc1. The third kappa shape index (κ3) is 6.22. The maximum absolute atomic E-state index is 12.1. The van der Waals surface area contributed by atoms with Crippen LogP contribution in [0.5, 0.6) is 5.75 Å². The Kier molecular flexibility index (Phi) is 7.75. The van der Waals surface area contributed by atoms with E-state index in [-0.39, 0.29) is 13.2 Å². The van der Waals surface area contributed by atoms with Crippen molar-refractivity contribution in [2.45, 2.75) is 46.9 Å². The van der Waals surface area contributed by atoms with Crippen LogP contribution in [-0.4, -0.2) is 34.8 Å². The molecule has 3 N–H and O–H groups in total. The number of rotatable bonds is 10. The Hall–Kier alpha value is -3.21. The minimum Gasteiger partial charge on any atom is -0.487 e. The largest absolute Gasteiger partial charge is 0.487 e. The first-order chi connectivity index (χ1) is 16.0. The molecular formula is C24H29N3O6S. The molecule has 1 atom stereocenters. The normalized spacial score (nSPS) is 12.8. The molecule has 2 aromatic carbocycles.